The van der Waals surface area contributed by atoms with Gasteiger partial charge in [-0.25, -0.2) is 0 Å². The van der Waals surface area contributed by atoms with E-state index in [9.17, 15) is 5.11 Å². The van der Waals surface area contributed by atoms with Gasteiger partial charge in [0.25, 0.3) is 0 Å². The van der Waals surface area contributed by atoms with E-state index in [1.165, 1.54) is 0 Å². The lowest BCUT2D eigenvalue weighted by Gasteiger charge is -2.14. The van der Waals surface area contributed by atoms with Crippen molar-refractivity contribution in [3.05, 3.63) is 28.3 Å². The molecule has 0 fully saturated rings. The third-order valence-electron chi connectivity index (χ3n) is 2.57. The number of fused-ring (bicyclic) bond motifs is 1. The molecule has 14 heavy (non-hydrogen) atoms. The quantitative estimate of drug-likeness (QED) is 0.717. The van der Waals surface area contributed by atoms with E-state index in [1.807, 2.05) is 19.1 Å². The topological polar surface area (TPSA) is 29.5 Å². The first-order valence-corrected chi connectivity index (χ1v) is 5.18. The summed E-state index contributed by atoms with van der Waals surface area (Å²) < 4.78 is 5.54. The second kappa shape index (κ2) is 3.79. The van der Waals surface area contributed by atoms with Crippen LogP contribution in [0.1, 0.15) is 30.1 Å². The highest BCUT2D eigenvalue weighted by atomic mass is 35.5. The van der Waals surface area contributed by atoms with Gasteiger partial charge < -0.3 is 9.84 Å². The molecule has 0 aliphatic carbocycles. The van der Waals surface area contributed by atoms with Crippen LogP contribution in [0.5, 0.6) is 5.75 Å². The minimum Gasteiger partial charge on any atom is -0.492 e. The second-order valence-corrected chi connectivity index (χ2v) is 4.02. The van der Waals surface area contributed by atoms with E-state index in [0.29, 0.717) is 17.4 Å². The summed E-state index contributed by atoms with van der Waals surface area (Å²) in [6.45, 7) is 2.60. The Morgan fingerprint density at radius 2 is 2.29 bits per heavy atom. The van der Waals surface area contributed by atoms with Crippen LogP contribution < -0.4 is 4.74 Å². The molecule has 1 atom stereocenters. The molecule has 0 amide bonds. The van der Waals surface area contributed by atoms with E-state index in [-0.39, 0.29) is 0 Å². The molecule has 1 aromatic rings. The molecular formula is C11H13ClO2. The van der Waals surface area contributed by atoms with Gasteiger partial charge in [0.15, 0.2) is 0 Å². The summed E-state index contributed by atoms with van der Waals surface area (Å²) in [7, 11) is 0. The van der Waals surface area contributed by atoms with Gasteiger partial charge in [-0.3, -0.25) is 0 Å². The van der Waals surface area contributed by atoms with Crippen LogP contribution in [0.2, 0.25) is 5.02 Å². The number of benzene rings is 1. The second-order valence-electron chi connectivity index (χ2n) is 3.61. The summed E-state index contributed by atoms with van der Waals surface area (Å²) in [6, 6.07) is 3.73. The fraction of sp³-hybridized carbons (Fsp3) is 0.455. The zero-order chi connectivity index (χ0) is 10.1. The predicted octanol–water partition coefficient (Wildman–Crippen LogP) is 2.85. The van der Waals surface area contributed by atoms with Gasteiger partial charge in [-0.05, 0) is 31.4 Å². The molecule has 3 heteroatoms. The Morgan fingerprint density at radius 3 is 3.07 bits per heavy atom. The molecule has 1 aliphatic heterocycles. The van der Waals surface area contributed by atoms with Crippen LogP contribution >= 0.6 is 11.6 Å². The predicted molar refractivity (Wildman–Crippen MR) is 55.9 cm³/mol. The molecule has 1 heterocycles. The number of rotatable bonds is 0. The molecule has 1 aliphatic rings. The molecule has 76 valence electrons. The zero-order valence-electron chi connectivity index (χ0n) is 8.09. The van der Waals surface area contributed by atoms with Crippen LogP contribution in [0.25, 0.3) is 0 Å². The van der Waals surface area contributed by atoms with Crippen molar-refractivity contribution >= 4 is 11.6 Å². The molecule has 1 aromatic carbocycles. The van der Waals surface area contributed by atoms with Crippen molar-refractivity contribution in [2.75, 3.05) is 6.61 Å². The molecule has 2 rings (SSSR count). The van der Waals surface area contributed by atoms with Crippen LogP contribution in [-0.2, 0) is 0 Å². The molecule has 0 saturated heterocycles. The van der Waals surface area contributed by atoms with Crippen LogP contribution in [0.15, 0.2) is 12.1 Å². The fourth-order valence-corrected chi connectivity index (χ4v) is 2.05. The van der Waals surface area contributed by atoms with Crippen molar-refractivity contribution in [2.24, 2.45) is 0 Å². The highest BCUT2D eigenvalue weighted by Crippen LogP contribution is 2.38. The Morgan fingerprint density at radius 1 is 1.50 bits per heavy atom. The van der Waals surface area contributed by atoms with Gasteiger partial charge in [0, 0.05) is 5.56 Å². The average molecular weight is 213 g/mol. The van der Waals surface area contributed by atoms with E-state index < -0.39 is 6.10 Å². The van der Waals surface area contributed by atoms with Gasteiger partial charge in [-0.2, -0.15) is 0 Å². The summed E-state index contributed by atoms with van der Waals surface area (Å²) in [5.41, 5.74) is 1.90. The lowest BCUT2D eigenvalue weighted by molar-refractivity contribution is 0.167. The Bertz CT molecular complexity index is 349. The molecular weight excluding hydrogens is 200 g/mol. The molecule has 1 N–H and O–H groups in total. The van der Waals surface area contributed by atoms with Gasteiger partial charge in [-0.1, -0.05) is 17.7 Å². The number of aliphatic hydroxyl groups excluding tert-OH is 1. The van der Waals surface area contributed by atoms with E-state index in [0.717, 1.165) is 24.0 Å². The molecule has 0 aromatic heterocycles. The highest BCUT2D eigenvalue weighted by Gasteiger charge is 2.21. The summed E-state index contributed by atoms with van der Waals surface area (Å²) in [4.78, 5) is 0. The van der Waals surface area contributed by atoms with E-state index in [2.05, 4.69) is 0 Å². The maximum absolute atomic E-state index is 9.91. The molecule has 0 spiro atoms. The van der Waals surface area contributed by atoms with Crippen molar-refractivity contribution in [2.45, 2.75) is 25.9 Å². The summed E-state index contributed by atoms with van der Waals surface area (Å²) in [5.74, 6) is 0.664. The lowest BCUT2D eigenvalue weighted by Crippen LogP contribution is -2.00. The summed E-state index contributed by atoms with van der Waals surface area (Å²) in [5, 5.41) is 10.5. The standard InChI is InChI=1S/C11H13ClO2/c1-7-4-5-8(12)11-10(7)9(13)3-2-6-14-11/h4-5,9,13H,2-3,6H2,1H3/t9-/m1/s1. The van der Waals surface area contributed by atoms with Gasteiger partial charge in [0.05, 0.1) is 17.7 Å². The molecule has 0 radical (unpaired) electrons. The maximum Gasteiger partial charge on any atom is 0.143 e. The third kappa shape index (κ3) is 1.60. The van der Waals surface area contributed by atoms with E-state index in [1.54, 1.807) is 0 Å². The molecule has 0 unspecified atom stereocenters. The lowest BCUT2D eigenvalue weighted by atomic mass is 10.00. The van der Waals surface area contributed by atoms with Gasteiger partial charge in [0.1, 0.15) is 5.75 Å². The molecule has 0 bridgehead atoms. The first-order chi connectivity index (χ1) is 6.70. The maximum atomic E-state index is 9.91. The minimum atomic E-state index is -0.439. The van der Waals surface area contributed by atoms with Crippen LogP contribution in [0.4, 0.5) is 0 Å². The number of hydrogen-bond donors (Lipinski definition) is 1. The Hall–Kier alpha value is -0.730. The van der Waals surface area contributed by atoms with Crippen LogP contribution in [0, 0.1) is 6.92 Å². The Labute approximate surface area is 88.5 Å². The smallest absolute Gasteiger partial charge is 0.143 e. The normalized spacial score (nSPS) is 20.9. The SMILES string of the molecule is Cc1ccc(Cl)c2c1[C@H](O)CCCO2. The first-order valence-electron chi connectivity index (χ1n) is 4.80. The largest absolute Gasteiger partial charge is 0.492 e. The van der Waals surface area contributed by atoms with Crippen molar-refractivity contribution in [3.8, 4) is 5.75 Å². The minimum absolute atomic E-state index is 0.439. The Kier molecular flexibility index (Phi) is 2.66. The van der Waals surface area contributed by atoms with Crippen molar-refractivity contribution in [1.82, 2.24) is 0 Å². The third-order valence-corrected chi connectivity index (χ3v) is 2.87. The fourth-order valence-electron chi connectivity index (χ4n) is 1.83. The highest BCUT2D eigenvalue weighted by molar-refractivity contribution is 6.32. The number of hydrogen-bond acceptors (Lipinski definition) is 2. The monoisotopic (exact) mass is 212 g/mol. The number of ether oxygens (including phenoxy) is 1. The summed E-state index contributed by atoms with van der Waals surface area (Å²) >= 11 is 6.02. The van der Waals surface area contributed by atoms with Gasteiger partial charge in [0.2, 0.25) is 0 Å². The molecule has 0 saturated carbocycles. The summed E-state index contributed by atoms with van der Waals surface area (Å²) in [6.07, 6.45) is 1.17. The number of aliphatic hydroxyl groups is 1. The van der Waals surface area contributed by atoms with E-state index in [4.69, 9.17) is 16.3 Å². The first kappa shape index (κ1) is 9.81. The van der Waals surface area contributed by atoms with Crippen molar-refractivity contribution < 1.29 is 9.84 Å². The van der Waals surface area contributed by atoms with Gasteiger partial charge in [-0.15, -0.1) is 0 Å². The number of halogens is 1. The van der Waals surface area contributed by atoms with Crippen molar-refractivity contribution in [1.29, 1.82) is 0 Å². The Balaban J connectivity index is 2.57. The average Bonchev–Trinajstić information content (AvgIpc) is 2.35. The van der Waals surface area contributed by atoms with Crippen LogP contribution in [-0.4, -0.2) is 11.7 Å². The van der Waals surface area contributed by atoms with Crippen molar-refractivity contribution in [3.63, 3.8) is 0 Å². The van der Waals surface area contributed by atoms with Crippen LogP contribution in [0.3, 0.4) is 0 Å². The zero-order valence-corrected chi connectivity index (χ0v) is 8.84. The molecule has 2 nitrogen and oxygen atoms in total. The number of aryl methyl sites for hydroxylation is 1. The van der Waals surface area contributed by atoms with Gasteiger partial charge >= 0.3 is 0 Å². The van der Waals surface area contributed by atoms with E-state index >= 15 is 0 Å².